The summed E-state index contributed by atoms with van der Waals surface area (Å²) in [4.78, 5) is 10.5. The molecule has 1 amide bonds. The minimum Gasteiger partial charge on any atom is -0.352 e. The van der Waals surface area contributed by atoms with E-state index in [0.717, 1.165) is 5.57 Å². The predicted octanol–water partition coefficient (Wildman–Crippen LogP) is 1.59. The standard InChI is InChI=1S/C9H14FNO/c1-3-9(5-4-6-10)7-11-8(2)12/h3-5H,6-7H2,1-2H3,(H,11,12)/b5-4-,9-3+. The van der Waals surface area contributed by atoms with Crippen molar-refractivity contribution in [3.8, 4) is 0 Å². The number of nitrogens with one attached hydrogen (secondary N) is 1. The van der Waals surface area contributed by atoms with Crippen LogP contribution in [0.5, 0.6) is 0 Å². The zero-order chi connectivity index (χ0) is 9.40. The summed E-state index contributed by atoms with van der Waals surface area (Å²) in [5.74, 6) is -0.0806. The molecule has 0 spiro atoms. The quantitative estimate of drug-likeness (QED) is 0.639. The van der Waals surface area contributed by atoms with Gasteiger partial charge in [-0.1, -0.05) is 18.2 Å². The highest BCUT2D eigenvalue weighted by atomic mass is 19.1. The van der Waals surface area contributed by atoms with E-state index in [0.29, 0.717) is 6.54 Å². The summed E-state index contributed by atoms with van der Waals surface area (Å²) in [6.07, 6.45) is 4.91. The summed E-state index contributed by atoms with van der Waals surface area (Å²) >= 11 is 0. The number of halogens is 1. The maximum atomic E-state index is 11.7. The number of rotatable bonds is 4. The molecule has 12 heavy (non-hydrogen) atoms. The molecular weight excluding hydrogens is 157 g/mol. The van der Waals surface area contributed by atoms with Crippen LogP contribution in [0.3, 0.4) is 0 Å². The molecule has 0 aliphatic rings. The molecule has 0 fully saturated rings. The van der Waals surface area contributed by atoms with Gasteiger partial charge in [0.25, 0.3) is 0 Å². The number of carbonyl (C=O) groups excluding carboxylic acids is 1. The van der Waals surface area contributed by atoms with E-state index in [1.54, 1.807) is 6.08 Å². The fraction of sp³-hybridized carbons (Fsp3) is 0.444. The second-order valence-electron chi connectivity index (χ2n) is 2.33. The highest BCUT2D eigenvalue weighted by Crippen LogP contribution is 1.94. The Morgan fingerprint density at radius 3 is 2.67 bits per heavy atom. The van der Waals surface area contributed by atoms with Crippen molar-refractivity contribution in [2.24, 2.45) is 0 Å². The van der Waals surface area contributed by atoms with Crippen molar-refractivity contribution in [3.63, 3.8) is 0 Å². The molecule has 0 atom stereocenters. The van der Waals surface area contributed by atoms with Gasteiger partial charge in [0, 0.05) is 13.5 Å². The first-order valence-corrected chi connectivity index (χ1v) is 3.82. The summed E-state index contributed by atoms with van der Waals surface area (Å²) < 4.78 is 11.7. The molecule has 1 N–H and O–H groups in total. The second kappa shape index (κ2) is 6.58. The molecule has 0 aromatic carbocycles. The number of amides is 1. The Labute approximate surface area is 72.2 Å². The third-order valence-corrected chi connectivity index (χ3v) is 1.33. The van der Waals surface area contributed by atoms with Crippen molar-refractivity contribution in [3.05, 3.63) is 23.8 Å². The predicted molar refractivity (Wildman–Crippen MR) is 47.6 cm³/mol. The van der Waals surface area contributed by atoms with Gasteiger partial charge in [0.05, 0.1) is 0 Å². The molecule has 0 aromatic heterocycles. The maximum Gasteiger partial charge on any atom is 0.217 e. The van der Waals surface area contributed by atoms with Crippen LogP contribution in [-0.4, -0.2) is 19.1 Å². The van der Waals surface area contributed by atoms with Crippen LogP contribution in [0, 0.1) is 0 Å². The lowest BCUT2D eigenvalue weighted by atomic mass is 10.2. The molecule has 0 radical (unpaired) electrons. The van der Waals surface area contributed by atoms with Gasteiger partial charge in [-0.15, -0.1) is 0 Å². The molecule has 3 heteroatoms. The Bertz CT molecular complexity index is 197. The smallest absolute Gasteiger partial charge is 0.217 e. The van der Waals surface area contributed by atoms with Gasteiger partial charge >= 0.3 is 0 Å². The first kappa shape index (κ1) is 10.9. The van der Waals surface area contributed by atoms with Gasteiger partial charge in [0.1, 0.15) is 6.67 Å². The zero-order valence-electron chi connectivity index (χ0n) is 7.43. The molecule has 0 aliphatic carbocycles. The van der Waals surface area contributed by atoms with Crippen molar-refractivity contribution in [1.82, 2.24) is 5.32 Å². The zero-order valence-corrected chi connectivity index (χ0v) is 7.43. The van der Waals surface area contributed by atoms with E-state index in [-0.39, 0.29) is 5.91 Å². The van der Waals surface area contributed by atoms with Gasteiger partial charge in [-0.05, 0) is 12.5 Å². The molecule has 0 bridgehead atoms. The van der Waals surface area contributed by atoms with Crippen molar-refractivity contribution in [2.75, 3.05) is 13.2 Å². The summed E-state index contributed by atoms with van der Waals surface area (Å²) in [7, 11) is 0. The largest absolute Gasteiger partial charge is 0.352 e. The van der Waals surface area contributed by atoms with Gasteiger partial charge in [-0.2, -0.15) is 0 Å². The van der Waals surface area contributed by atoms with E-state index in [9.17, 15) is 9.18 Å². The lowest BCUT2D eigenvalue weighted by molar-refractivity contribution is -0.118. The molecule has 0 saturated heterocycles. The van der Waals surface area contributed by atoms with Crippen LogP contribution in [0.4, 0.5) is 4.39 Å². The van der Waals surface area contributed by atoms with E-state index in [4.69, 9.17) is 0 Å². The highest BCUT2D eigenvalue weighted by Gasteiger charge is 1.92. The lowest BCUT2D eigenvalue weighted by Crippen LogP contribution is -2.21. The van der Waals surface area contributed by atoms with Crippen molar-refractivity contribution >= 4 is 5.91 Å². The van der Waals surface area contributed by atoms with Gasteiger partial charge in [-0.25, -0.2) is 4.39 Å². The molecule has 0 saturated carbocycles. The van der Waals surface area contributed by atoms with Gasteiger partial charge < -0.3 is 5.32 Å². The van der Waals surface area contributed by atoms with Crippen LogP contribution in [0.25, 0.3) is 0 Å². The monoisotopic (exact) mass is 171 g/mol. The first-order chi connectivity index (χ1) is 5.70. The number of allylic oxidation sites excluding steroid dienone is 2. The Hall–Kier alpha value is -1.12. The molecule has 0 heterocycles. The van der Waals surface area contributed by atoms with E-state index >= 15 is 0 Å². The third-order valence-electron chi connectivity index (χ3n) is 1.33. The van der Waals surface area contributed by atoms with E-state index in [1.807, 2.05) is 13.0 Å². The van der Waals surface area contributed by atoms with Crippen LogP contribution in [0.1, 0.15) is 13.8 Å². The molecule has 2 nitrogen and oxygen atoms in total. The van der Waals surface area contributed by atoms with Crippen LogP contribution in [-0.2, 0) is 4.79 Å². The summed E-state index contributed by atoms with van der Waals surface area (Å²) in [5.41, 5.74) is 0.905. The van der Waals surface area contributed by atoms with Crippen molar-refractivity contribution < 1.29 is 9.18 Å². The minimum atomic E-state index is -0.475. The van der Waals surface area contributed by atoms with E-state index < -0.39 is 6.67 Å². The fourth-order valence-corrected chi connectivity index (χ4v) is 0.680. The van der Waals surface area contributed by atoms with Crippen molar-refractivity contribution in [2.45, 2.75) is 13.8 Å². The van der Waals surface area contributed by atoms with Crippen LogP contribution < -0.4 is 5.32 Å². The van der Waals surface area contributed by atoms with Crippen molar-refractivity contribution in [1.29, 1.82) is 0 Å². The summed E-state index contributed by atoms with van der Waals surface area (Å²) in [5, 5.41) is 2.62. The molecule has 0 rings (SSSR count). The highest BCUT2D eigenvalue weighted by molar-refractivity contribution is 5.73. The van der Waals surface area contributed by atoms with E-state index in [1.165, 1.54) is 13.0 Å². The molecular formula is C9H14FNO. The SMILES string of the molecule is C/C=C(\C=C/CF)CNC(C)=O. The average Bonchev–Trinajstić information content (AvgIpc) is 2.05. The Morgan fingerprint density at radius 2 is 2.25 bits per heavy atom. The first-order valence-electron chi connectivity index (χ1n) is 3.82. The molecule has 0 unspecified atom stereocenters. The molecule has 0 aromatic rings. The normalized spacial score (nSPS) is 12.1. The molecule has 0 aliphatic heterocycles. The van der Waals surface area contributed by atoms with Crippen LogP contribution in [0.15, 0.2) is 23.8 Å². The average molecular weight is 171 g/mol. The van der Waals surface area contributed by atoms with E-state index in [2.05, 4.69) is 5.32 Å². The number of carbonyl (C=O) groups is 1. The van der Waals surface area contributed by atoms with Crippen LogP contribution in [0.2, 0.25) is 0 Å². The topological polar surface area (TPSA) is 29.1 Å². The number of hydrogen-bond acceptors (Lipinski definition) is 1. The maximum absolute atomic E-state index is 11.7. The van der Waals surface area contributed by atoms with Gasteiger partial charge in [-0.3, -0.25) is 4.79 Å². The second-order valence-corrected chi connectivity index (χ2v) is 2.33. The number of alkyl halides is 1. The minimum absolute atomic E-state index is 0.0806. The Morgan fingerprint density at radius 1 is 1.58 bits per heavy atom. The van der Waals surface area contributed by atoms with Gasteiger partial charge in [0.15, 0.2) is 0 Å². The Kier molecular flexibility index (Phi) is 5.97. The fourth-order valence-electron chi connectivity index (χ4n) is 0.680. The molecule has 68 valence electrons. The summed E-state index contributed by atoms with van der Waals surface area (Å²) in [6.45, 7) is 3.28. The lowest BCUT2D eigenvalue weighted by Gasteiger charge is -2.01. The Balaban J connectivity index is 3.85. The third kappa shape index (κ3) is 5.65. The number of hydrogen-bond donors (Lipinski definition) is 1. The summed E-state index contributed by atoms with van der Waals surface area (Å²) in [6, 6.07) is 0. The van der Waals surface area contributed by atoms with Crippen LogP contribution >= 0.6 is 0 Å². The van der Waals surface area contributed by atoms with Gasteiger partial charge in [0.2, 0.25) is 5.91 Å².